The van der Waals surface area contributed by atoms with Crippen molar-refractivity contribution in [1.29, 1.82) is 0 Å². The van der Waals surface area contributed by atoms with Gasteiger partial charge in [0.1, 0.15) is 5.75 Å². The van der Waals surface area contributed by atoms with Crippen molar-refractivity contribution >= 4 is 22.8 Å². The van der Waals surface area contributed by atoms with Gasteiger partial charge in [0.2, 0.25) is 0 Å². The highest BCUT2D eigenvalue weighted by molar-refractivity contribution is 5.86. The number of aliphatic carboxylic acids is 1. The van der Waals surface area contributed by atoms with Gasteiger partial charge < -0.3 is 9.84 Å². The molecular weight excluding hydrogens is 376 g/mol. The third-order valence-corrected chi connectivity index (χ3v) is 4.85. The summed E-state index contributed by atoms with van der Waals surface area (Å²) >= 11 is 0. The van der Waals surface area contributed by atoms with E-state index in [1.165, 1.54) is 16.3 Å². The molecule has 5 nitrogen and oxygen atoms in total. The molecule has 0 spiro atoms. The summed E-state index contributed by atoms with van der Waals surface area (Å²) < 4.78 is 7.91. The van der Waals surface area contributed by atoms with E-state index in [0.717, 1.165) is 23.6 Å². The molecule has 0 aliphatic rings. The van der Waals surface area contributed by atoms with Gasteiger partial charge in [-0.25, -0.2) is 4.79 Å². The number of carboxylic acids is 1. The summed E-state index contributed by atoms with van der Waals surface area (Å²) in [5, 5.41) is 15.6. The number of carboxylic acid groups (broad SMARTS) is 1. The molecule has 0 aliphatic carbocycles. The van der Waals surface area contributed by atoms with E-state index in [4.69, 9.17) is 9.84 Å². The lowest BCUT2D eigenvalue weighted by Crippen LogP contribution is -2.05. The van der Waals surface area contributed by atoms with Gasteiger partial charge in [0.25, 0.3) is 0 Å². The topological polar surface area (TPSA) is 64.3 Å². The average molecular weight is 398 g/mol. The summed E-state index contributed by atoms with van der Waals surface area (Å²) in [5.41, 5.74) is 2.97. The Morgan fingerprint density at radius 1 is 1.00 bits per heavy atom. The third-order valence-electron chi connectivity index (χ3n) is 4.85. The molecule has 4 aromatic rings. The number of benzene rings is 3. The number of carbonyl (C=O) groups is 1. The molecule has 4 rings (SSSR count). The van der Waals surface area contributed by atoms with Crippen LogP contribution in [0, 0.1) is 0 Å². The van der Waals surface area contributed by atoms with Crippen LogP contribution in [0.3, 0.4) is 0 Å². The monoisotopic (exact) mass is 398 g/mol. The fourth-order valence-corrected chi connectivity index (χ4v) is 3.36. The number of ether oxygens (including phenoxy) is 1. The van der Waals surface area contributed by atoms with E-state index in [-0.39, 0.29) is 0 Å². The lowest BCUT2D eigenvalue weighted by atomic mass is 10.1. The SMILES string of the molecule is O=C(O)/C=C/c1ccc(Cn2cccn2)cc1OCCc1ccc2ccccc2c1. The molecule has 1 N–H and O–H groups in total. The molecule has 0 radical (unpaired) electrons. The van der Waals surface area contributed by atoms with Crippen LogP contribution < -0.4 is 4.74 Å². The average Bonchev–Trinajstić information content (AvgIpc) is 3.26. The molecule has 0 amide bonds. The van der Waals surface area contributed by atoms with Crippen molar-refractivity contribution in [2.45, 2.75) is 13.0 Å². The summed E-state index contributed by atoms with van der Waals surface area (Å²) in [6.45, 7) is 1.12. The summed E-state index contributed by atoms with van der Waals surface area (Å²) in [6.07, 6.45) is 7.09. The van der Waals surface area contributed by atoms with Gasteiger partial charge in [-0.2, -0.15) is 5.10 Å². The quantitative estimate of drug-likeness (QED) is 0.433. The molecule has 0 fully saturated rings. The second-order valence-electron chi connectivity index (χ2n) is 7.03. The first-order chi connectivity index (χ1) is 14.7. The fraction of sp³-hybridized carbons (Fsp3) is 0.120. The van der Waals surface area contributed by atoms with Gasteiger partial charge in [-0.15, -0.1) is 0 Å². The van der Waals surface area contributed by atoms with Gasteiger partial charge in [-0.1, -0.05) is 54.6 Å². The van der Waals surface area contributed by atoms with Crippen molar-refractivity contribution in [1.82, 2.24) is 9.78 Å². The van der Waals surface area contributed by atoms with Crippen molar-refractivity contribution < 1.29 is 14.6 Å². The van der Waals surface area contributed by atoms with Gasteiger partial charge in [0.15, 0.2) is 0 Å². The second-order valence-corrected chi connectivity index (χ2v) is 7.03. The minimum atomic E-state index is -0.988. The van der Waals surface area contributed by atoms with Crippen LogP contribution >= 0.6 is 0 Å². The smallest absolute Gasteiger partial charge is 0.328 e. The molecular formula is C25H22N2O3. The van der Waals surface area contributed by atoms with Crippen molar-refractivity contribution in [2.24, 2.45) is 0 Å². The van der Waals surface area contributed by atoms with Gasteiger partial charge in [-0.3, -0.25) is 4.68 Å². The molecule has 1 aromatic heterocycles. The zero-order valence-corrected chi connectivity index (χ0v) is 16.4. The van der Waals surface area contributed by atoms with E-state index in [9.17, 15) is 4.79 Å². The van der Waals surface area contributed by atoms with Crippen molar-refractivity contribution in [3.05, 3.63) is 102 Å². The standard InChI is InChI=1S/C25H22N2O3/c28-25(29)11-10-22-9-7-20(18-27-14-3-13-26-27)17-24(22)30-15-12-19-6-8-21-4-1-2-5-23(21)16-19/h1-11,13-14,16-17H,12,15,18H2,(H,28,29)/b11-10+. The molecule has 5 heteroatoms. The lowest BCUT2D eigenvalue weighted by Gasteiger charge is -2.12. The molecule has 30 heavy (non-hydrogen) atoms. The maximum absolute atomic E-state index is 10.9. The predicted molar refractivity (Wildman–Crippen MR) is 118 cm³/mol. The Morgan fingerprint density at radius 2 is 1.83 bits per heavy atom. The predicted octanol–water partition coefficient (Wildman–Crippen LogP) is 4.80. The first kappa shape index (κ1) is 19.5. The van der Waals surface area contributed by atoms with Crippen LogP contribution in [0.5, 0.6) is 5.75 Å². The summed E-state index contributed by atoms with van der Waals surface area (Å²) in [7, 11) is 0. The maximum Gasteiger partial charge on any atom is 0.328 e. The van der Waals surface area contributed by atoms with Gasteiger partial charge >= 0.3 is 5.97 Å². The molecule has 3 aromatic carbocycles. The number of nitrogens with zero attached hydrogens (tertiary/aromatic N) is 2. The zero-order chi connectivity index (χ0) is 20.8. The Kier molecular flexibility index (Phi) is 5.90. The van der Waals surface area contributed by atoms with E-state index in [1.807, 2.05) is 47.3 Å². The van der Waals surface area contributed by atoms with Crippen LogP contribution in [0.1, 0.15) is 16.7 Å². The first-order valence-corrected chi connectivity index (χ1v) is 9.79. The molecule has 0 atom stereocenters. The molecule has 1 heterocycles. The van der Waals surface area contributed by atoms with E-state index >= 15 is 0 Å². The fourth-order valence-electron chi connectivity index (χ4n) is 3.36. The summed E-state index contributed by atoms with van der Waals surface area (Å²) in [5.74, 6) is -0.323. The highest BCUT2D eigenvalue weighted by Gasteiger charge is 2.06. The van der Waals surface area contributed by atoms with Crippen LogP contribution in [-0.4, -0.2) is 27.5 Å². The molecule has 0 saturated heterocycles. The Balaban J connectivity index is 1.49. The van der Waals surface area contributed by atoms with Crippen LogP contribution in [0.15, 0.2) is 85.2 Å². The molecule has 150 valence electrons. The lowest BCUT2D eigenvalue weighted by molar-refractivity contribution is -0.131. The Labute approximate surface area is 174 Å². The highest BCUT2D eigenvalue weighted by atomic mass is 16.5. The van der Waals surface area contributed by atoms with E-state index in [1.54, 1.807) is 12.3 Å². The summed E-state index contributed by atoms with van der Waals surface area (Å²) in [6, 6.07) is 22.4. The first-order valence-electron chi connectivity index (χ1n) is 9.79. The molecule has 0 bridgehead atoms. The van der Waals surface area contributed by atoms with Crippen LogP contribution in [0.2, 0.25) is 0 Å². The number of fused-ring (bicyclic) bond motifs is 1. The molecule has 0 saturated carbocycles. The Hall–Kier alpha value is -3.86. The van der Waals surface area contributed by atoms with Crippen molar-refractivity contribution in [3.8, 4) is 5.75 Å². The minimum absolute atomic E-state index is 0.497. The molecule has 0 aliphatic heterocycles. The van der Waals surface area contributed by atoms with Crippen LogP contribution in [0.25, 0.3) is 16.8 Å². The number of hydrogen-bond acceptors (Lipinski definition) is 3. The van der Waals surface area contributed by atoms with E-state index < -0.39 is 5.97 Å². The second kappa shape index (κ2) is 9.09. The normalized spacial score (nSPS) is 11.2. The number of rotatable bonds is 8. The molecule has 0 unspecified atom stereocenters. The van der Waals surface area contributed by atoms with E-state index in [0.29, 0.717) is 18.9 Å². The van der Waals surface area contributed by atoms with Crippen molar-refractivity contribution in [2.75, 3.05) is 6.61 Å². The highest BCUT2D eigenvalue weighted by Crippen LogP contribution is 2.23. The summed E-state index contributed by atoms with van der Waals surface area (Å²) in [4.78, 5) is 10.9. The third kappa shape index (κ3) is 4.94. The zero-order valence-electron chi connectivity index (χ0n) is 16.4. The van der Waals surface area contributed by atoms with E-state index in [2.05, 4.69) is 35.4 Å². The van der Waals surface area contributed by atoms with Crippen LogP contribution in [0.4, 0.5) is 0 Å². The van der Waals surface area contributed by atoms with Gasteiger partial charge in [0.05, 0.1) is 13.2 Å². The number of hydrogen-bond donors (Lipinski definition) is 1. The maximum atomic E-state index is 10.9. The largest absolute Gasteiger partial charge is 0.493 e. The Bertz CT molecular complexity index is 1180. The van der Waals surface area contributed by atoms with Crippen molar-refractivity contribution in [3.63, 3.8) is 0 Å². The van der Waals surface area contributed by atoms with Crippen LogP contribution in [-0.2, 0) is 17.8 Å². The Morgan fingerprint density at radius 3 is 2.63 bits per heavy atom. The van der Waals surface area contributed by atoms with Gasteiger partial charge in [-0.05, 0) is 40.1 Å². The number of aromatic nitrogens is 2. The van der Waals surface area contributed by atoms with Gasteiger partial charge in [0, 0.05) is 30.5 Å². The minimum Gasteiger partial charge on any atom is -0.493 e.